The normalized spacial score (nSPS) is 35.0. The maximum atomic E-state index is 10.2. The first kappa shape index (κ1) is 22.6. The molecule has 1 saturated carbocycles. The number of hydrogen-bond acceptors (Lipinski definition) is 8. The van der Waals surface area contributed by atoms with Gasteiger partial charge in [0.1, 0.15) is 11.7 Å². The fourth-order valence-electron chi connectivity index (χ4n) is 8.47. The summed E-state index contributed by atoms with van der Waals surface area (Å²) in [5.74, 6) is 2.31. The highest BCUT2D eigenvalue weighted by molar-refractivity contribution is 9.10. The predicted molar refractivity (Wildman–Crippen MR) is 140 cm³/mol. The summed E-state index contributed by atoms with van der Waals surface area (Å²) in [5, 5.41) is 19.2. The van der Waals surface area contributed by atoms with Crippen LogP contribution in [0.3, 0.4) is 0 Å². The smallest absolute Gasteiger partial charge is 0.247 e. The Kier molecular flexibility index (Phi) is 4.40. The van der Waals surface area contributed by atoms with Gasteiger partial charge in [-0.2, -0.15) is 5.26 Å². The molecule has 2 fully saturated rings. The van der Waals surface area contributed by atoms with Crippen LogP contribution in [0.15, 0.2) is 57.4 Å². The number of methoxy groups -OCH3 is 2. The van der Waals surface area contributed by atoms with Gasteiger partial charge in [-0.3, -0.25) is 0 Å². The molecule has 2 spiro atoms. The van der Waals surface area contributed by atoms with Crippen LogP contribution >= 0.6 is 15.9 Å². The third-order valence-corrected chi connectivity index (χ3v) is 10.5. The van der Waals surface area contributed by atoms with Gasteiger partial charge in [-0.05, 0) is 55.2 Å². The van der Waals surface area contributed by atoms with Gasteiger partial charge in [0, 0.05) is 34.7 Å². The van der Waals surface area contributed by atoms with Crippen molar-refractivity contribution in [1.82, 2.24) is 15.1 Å². The number of hydrogen-bond donors (Lipinski definition) is 0. The number of nitriles is 1. The van der Waals surface area contributed by atoms with Crippen LogP contribution < -0.4 is 9.47 Å². The van der Waals surface area contributed by atoms with Gasteiger partial charge >= 0.3 is 0 Å². The number of likely N-dealkylation sites (tertiary alicyclic amines) is 1. The summed E-state index contributed by atoms with van der Waals surface area (Å²) in [6.07, 6.45) is 8.95. The predicted octanol–water partition coefficient (Wildman–Crippen LogP) is 4.75. The Balaban J connectivity index is 1.34. The minimum Gasteiger partial charge on any atom is -0.493 e. The van der Waals surface area contributed by atoms with E-state index in [4.69, 9.17) is 18.6 Å². The molecule has 192 valence electrons. The third kappa shape index (κ3) is 2.40. The largest absolute Gasteiger partial charge is 0.493 e. The van der Waals surface area contributed by atoms with Crippen LogP contribution in [0.1, 0.15) is 35.8 Å². The highest BCUT2D eigenvalue weighted by Crippen LogP contribution is 2.75. The molecular weight excluding hydrogens is 548 g/mol. The van der Waals surface area contributed by atoms with Gasteiger partial charge in [0.15, 0.2) is 17.7 Å². The van der Waals surface area contributed by atoms with E-state index in [1.807, 2.05) is 35.2 Å². The second-order valence-electron chi connectivity index (χ2n) is 11.0. The Hall–Kier alpha value is -3.35. The van der Waals surface area contributed by atoms with Crippen LogP contribution in [-0.2, 0) is 16.6 Å². The van der Waals surface area contributed by atoms with E-state index >= 15 is 0 Å². The van der Waals surface area contributed by atoms with Crippen molar-refractivity contribution in [3.63, 3.8) is 0 Å². The van der Waals surface area contributed by atoms with E-state index < -0.39 is 5.60 Å². The first-order valence-electron chi connectivity index (χ1n) is 12.9. The second-order valence-corrected chi connectivity index (χ2v) is 11.9. The first-order chi connectivity index (χ1) is 18.5. The third-order valence-electron chi connectivity index (χ3n) is 9.97. The summed E-state index contributed by atoms with van der Waals surface area (Å²) in [5.41, 5.74) is 1.82. The summed E-state index contributed by atoms with van der Waals surface area (Å²) in [6, 6.07) is 12.0. The number of rotatable bonds is 4. The zero-order valence-corrected chi connectivity index (χ0v) is 22.6. The van der Waals surface area contributed by atoms with Gasteiger partial charge in [-0.15, -0.1) is 10.2 Å². The summed E-state index contributed by atoms with van der Waals surface area (Å²) in [7, 11) is 3.43. The van der Waals surface area contributed by atoms with Gasteiger partial charge in [-0.25, -0.2) is 0 Å². The highest BCUT2D eigenvalue weighted by Gasteiger charge is 2.80. The molecule has 3 aromatic rings. The van der Waals surface area contributed by atoms with Crippen molar-refractivity contribution < 1.29 is 18.6 Å². The average Bonchev–Trinajstić information content (AvgIpc) is 3.57. The molecule has 0 unspecified atom stereocenters. The number of piperidine rings is 1. The maximum absolute atomic E-state index is 10.2. The Labute approximate surface area is 228 Å². The van der Waals surface area contributed by atoms with E-state index in [1.165, 1.54) is 11.1 Å². The summed E-state index contributed by atoms with van der Waals surface area (Å²) < 4.78 is 26.6. The lowest BCUT2D eigenvalue weighted by Gasteiger charge is -2.70. The van der Waals surface area contributed by atoms with Gasteiger partial charge in [-0.1, -0.05) is 34.1 Å². The number of aromatic nitrogens is 2. The first-order valence-corrected chi connectivity index (χ1v) is 13.7. The van der Waals surface area contributed by atoms with Crippen LogP contribution in [0.4, 0.5) is 0 Å². The van der Waals surface area contributed by atoms with E-state index in [1.54, 1.807) is 14.2 Å². The van der Waals surface area contributed by atoms with Crippen molar-refractivity contribution in [2.75, 3.05) is 20.8 Å². The molecule has 1 aromatic heterocycles. The molecule has 38 heavy (non-hydrogen) atoms. The molecule has 2 aliphatic heterocycles. The van der Waals surface area contributed by atoms with Crippen molar-refractivity contribution in [3.8, 4) is 29.1 Å². The molecular formula is C29H25BrN4O4. The average molecular weight is 573 g/mol. The monoisotopic (exact) mass is 572 g/mol. The standard InChI is InChI=1S/C29H25BrN4O4/c1-35-20-8-5-17-13-21-27-9-10-29(36-2,26-28(27,11-12-34(21)15-31)22(17)23(20)37-26)19(14-27)25-33-32-24(38-25)16-3-6-18(30)7-4-16/h3-10,19,21,26H,11-14H2,1-2H3/t19-,21+,26-,27+,28-,29+/m0/s1. The van der Waals surface area contributed by atoms with E-state index in [2.05, 4.69) is 50.5 Å². The van der Waals surface area contributed by atoms with E-state index in [-0.39, 0.29) is 28.9 Å². The number of nitrogens with zero attached hydrogens (tertiary/aromatic N) is 4. The molecule has 6 atom stereocenters. The molecule has 0 amide bonds. The summed E-state index contributed by atoms with van der Waals surface area (Å²) >= 11 is 3.48. The lowest BCUT2D eigenvalue weighted by Crippen LogP contribution is -2.78. The second kappa shape index (κ2) is 7.39. The zero-order valence-electron chi connectivity index (χ0n) is 21.0. The summed E-state index contributed by atoms with van der Waals surface area (Å²) in [4.78, 5) is 1.97. The van der Waals surface area contributed by atoms with Gasteiger partial charge in [0.2, 0.25) is 11.8 Å². The minimum atomic E-state index is -0.816. The Morgan fingerprint density at radius 2 is 1.97 bits per heavy atom. The number of halogens is 1. The van der Waals surface area contributed by atoms with Crippen LogP contribution in [0.2, 0.25) is 0 Å². The molecule has 6 aliphatic rings. The van der Waals surface area contributed by atoms with E-state index in [0.717, 1.165) is 40.8 Å². The maximum Gasteiger partial charge on any atom is 0.247 e. The van der Waals surface area contributed by atoms with Crippen molar-refractivity contribution in [2.24, 2.45) is 5.41 Å². The lowest BCUT2D eigenvalue weighted by molar-refractivity contribution is -0.197. The fourth-order valence-corrected chi connectivity index (χ4v) is 8.74. The van der Waals surface area contributed by atoms with E-state index in [9.17, 15) is 5.26 Å². The minimum absolute atomic E-state index is 0.00182. The van der Waals surface area contributed by atoms with Gasteiger partial charge in [0.25, 0.3) is 0 Å². The molecule has 0 radical (unpaired) electrons. The SMILES string of the molecule is COc1ccc2c3c1O[C@@H]1[C@@]4(OC)C=C[C@@]5(C[C@H]4c4nnc(-c6ccc(Br)cc6)o4)[C@@H](C2)N(C#N)CC[C@]315. The zero-order chi connectivity index (χ0) is 25.9. The van der Waals surface area contributed by atoms with Crippen LogP contribution in [0, 0.1) is 16.9 Å². The number of fused-ring (bicyclic) bond motifs is 1. The molecule has 4 aliphatic carbocycles. The highest BCUT2D eigenvalue weighted by atomic mass is 79.9. The Bertz CT molecular complexity index is 1560. The van der Waals surface area contributed by atoms with Gasteiger partial charge < -0.3 is 23.5 Å². The molecule has 1 saturated heterocycles. The molecule has 9 rings (SSSR count). The van der Waals surface area contributed by atoms with Crippen LogP contribution in [0.5, 0.6) is 11.5 Å². The molecule has 3 heterocycles. The Morgan fingerprint density at radius 1 is 1.13 bits per heavy atom. The van der Waals surface area contributed by atoms with Crippen molar-refractivity contribution in [1.29, 1.82) is 5.26 Å². The van der Waals surface area contributed by atoms with Crippen LogP contribution in [0.25, 0.3) is 11.5 Å². The van der Waals surface area contributed by atoms with Crippen molar-refractivity contribution >= 4 is 15.9 Å². The molecule has 9 heteroatoms. The molecule has 0 N–H and O–H groups in total. The van der Waals surface area contributed by atoms with Crippen LogP contribution in [-0.4, -0.2) is 53.6 Å². The van der Waals surface area contributed by atoms with E-state index in [0.29, 0.717) is 18.3 Å². The number of benzene rings is 2. The summed E-state index contributed by atoms with van der Waals surface area (Å²) in [6.45, 7) is 0.686. The fraction of sp³-hybridized carbons (Fsp3) is 0.414. The van der Waals surface area contributed by atoms with Crippen molar-refractivity contribution in [3.05, 3.63) is 70.0 Å². The quantitative estimate of drug-likeness (QED) is 0.326. The molecule has 4 bridgehead atoms. The van der Waals surface area contributed by atoms with Gasteiger partial charge in [0.05, 0.1) is 24.5 Å². The topological polar surface area (TPSA) is 93.6 Å². The molecule has 8 nitrogen and oxygen atoms in total. The lowest BCUT2D eigenvalue weighted by atomic mass is 9.37. The number of ether oxygens (including phenoxy) is 3. The Morgan fingerprint density at radius 3 is 2.74 bits per heavy atom. The van der Waals surface area contributed by atoms with Crippen molar-refractivity contribution in [2.45, 2.75) is 48.3 Å². The molecule has 2 aromatic carbocycles.